The van der Waals surface area contributed by atoms with E-state index in [2.05, 4.69) is 15.3 Å². The topological polar surface area (TPSA) is 95.4 Å². The maximum absolute atomic E-state index is 12.6. The number of hydrogen-bond acceptors (Lipinski definition) is 5. The van der Waals surface area contributed by atoms with E-state index in [1.165, 1.54) is 4.90 Å². The number of hydrogen-bond donors (Lipinski definition) is 2. The first kappa shape index (κ1) is 15.0. The highest BCUT2D eigenvalue weighted by Crippen LogP contribution is 2.22. The molecular weight excluding hydrogens is 296 g/mol. The molecule has 0 unspecified atom stereocenters. The predicted molar refractivity (Wildman–Crippen MR) is 83.5 cm³/mol. The van der Waals surface area contributed by atoms with Crippen LogP contribution in [0.4, 0.5) is 11.5 Å². The maximum atomic E-state index is 12.6. The summed E-state index contributed by atoms with van der Waals surface area (Å²) in [7, 11) is 0. The average Bonchev–Trinajstić information content (AvgIpc) is 3.05. The Morgan fingerprint density at radius 1 is 1.30 bits per heavy atom. The lowest BCUT2D eigenvalue weighted by molar-refractivity contribution is -0.141. The number of aromatic nitrogens is 2. The lowest BCUT2D eigenvalue weighted by Gasteiger charge is -2.21. The fraction of sp³-hybridized carbons (Fsp3) is 0.250. The van der Waals surface area contributed by atoms with Crippen LogP contribution in [0, 0.1) is 0 Å². The van der Waals surface area contributed by atoms with Crippen LogP contribution in [0.2, 0.25) is 0 Å². The molecule has 1 saturated heterocycles. The first-order valence-corrected chi connectivity index (χ1v) is 7.32. The molecule has 0 radical (unpaired) electrons. The zero-order chi connectivity index (χ0) is 16.2. The molecule has 0 bridgehead atoms. The van der Waals surface area contributed by atoms with Gasteiger partial charge < -0.3 is 15.3 Å². The number of aliphatic carboxylic acids is 1. The van der Waals surface area contributed by atoms with Gasteiger partial charge in [-0.05, 0) is 31.0 Å². The highest BCUT2D eigenvalue weighted by molar-refractivity contribution is 5.97. The number of carbonyl (C=O) groups is 2. The Kier molecular flexibility index (Phi) is 4.18. The summed E-state index contributed by atoms with van der Waals surface area (Å²) in [4.78, 5) is 33.3. The second-order valence-corrected chi connectivity index (χ2v) is 5.29. The van der Waals surface area contributed by atoms with E-state index in [1.807, 2.05) is 6.07 Å². The fourth-order valence-corrected chi connectivity index (χ4v) is 2.67. The second-order valence-electron chi connectivity index (χ2n) is 5.29. The van der Waals surface area contributed by atoms with E-state index < -0.39 is 12.0 Å². The van der Waals surface area contributed by atoms with Crippen LogP contribution in [-0.4, -0.2) is 44.4 Å². The number of carboxylic acids is 1. The third-order valence-corrected chi connectivity index (χ3v) is 3.74. The van der Waals surface area contributed by atoms with Crippen molar-refractivity contribution in [2.24, 2.45) is 0 Å². The van der Waals surface area contributed by atoms with Crippen molar-refractivity contribution in [2.75, 3.05) is 11.9 Å². The SMILES string of the molecule is O=C(O)[C@H]1CCCN1C(=O)c1cccc(Nc2cnccn2)c1. The van der Waals surface area contributed by atoms with Gasteiger partial charge in [-0.2, -0.15) is 0 Å². The summed E-state index contributed by atoms with van der Waals surface area (Å²) < 4.78 is 0. The maximum Gasteiger partial charge on any atom is 0.326 e. The molecule has 0 aliphatic carbocycles. The Balaban J connectivity index is 1.79. The minimum Gasteiger partial charge on any atom is -0.480 e. The molecule has 2 heterocycles. The molecule has 1 atom stereocenters. The van der Waals surface area contributed by atoms with Gasteiger partial charge in [0.15, 0.2) is 0 Å². The lowest BCUT2D eigenvalue weighted by atomic mass is 10.1. The van der Waals surface area contributed by atoms with Gasteiger partial charge in [0.1, 0.15) is 11.9 Å². The third kappa shape index (κ3) is 3.28. The summed E-state index contributed by atoms with van der Waals surface area (Å²) in [5.74, 6) is -0.649. The first-order valence-electron chi connectivity index (χ1n) is 7.32. The van der Waals surface area contributed by atoms with Gasteiger partial charge in [-0.3, -0.25) is 9.78 Å². The van der Waals surface area contributed by atoms with Crippen molar-refractivity contribution >= 4 is 23.4 Å². The van der Waals surface area contributed by atoms with Gasteiger partial charge in [0.05, 0.1) is 6.20 Å². The van der Waals surface area contributed by atoms with Gasteiger partial charge in [-0.1, -0.05) is 6.07 Å². The van der Waals surface area contributed by atoms with E-state index in [-0.39, 0.29) is 5.91 Å². The molecular formula is C16H16N4O3. The molecule has 7 heteroatoms. The quantitative estimate of drug-likeness (QED) is 0.895. The van der Waals surface area contributed by atoms with Crippen LogP contribution >= 0.6 is 0 Å². The molecule has 1 aliphatic heterocycles. The number of benzene rings is 1. The Hall–Kier alpha value is -2.96. The minimum absolute atomic E-state index is 0.266. The van der Waals surface area contributed by atoms with E-state index in [1.54, 1.807) is 36.8 Å². The van der Waals surface area contributed by atoms with E-state index in [4.69, 9.17) is 0 Å². The number of amides is 1. The molecule has 2 aromatic rings. The summed E-state index contributed by atoms with van der Waals surface area (Å²) in [6, 6.07) is 6.19. The molecule has 2 N–H and O–H groups in total. The van der Waals surface area contributed by atoms with Crippen LogP contribution in [0.1, 0.15) is 23.2 Å². The average molecular weight is 312 g/mol. The van der Waals surface area contributed by atoms with E-state index in [9.17, 15) is 14.7 Å². The van der Waals surface area contributed by atoms with Gasteiger partial charge >= 0.3 is 5.97 Å². The molecule has 118 valence electrons. The van der Waals surface area contributed by atoms with Crippen molar-refractivity contribution in [3.8, 4) is 0 Å². The smallest absolute Gasteiger partial charge is 0.326 e. The first-order chi connectivity index (χ1) is 11.1. The molecule has 0 spiro atoms. The number of likely N-dealkylation sites (tertiary alicyclic amines) is 1. The zero-order valence-corrected chi connectivity index (χ0v) is 12.3. The van der Waals surface area contributed by atoms with Crippen LogP contribution in [-0.2, 0) is 4.79 Å². The van der Waals surface area contributed by atoms with Crippen molar-refractivity contribution in [3.63, 3.8) is 0 Å². The van der Waals surface area contributed by atoms with Crippen molar-refractivity contribution < 1.29 is 14.7 Å². The van der Waals surface area contributed by atoms with Gasteiger partial charge in [0.2, 0.25) is 0 Å². The van der Waals surface area contributed by atoms with Gasteiger partial charge in [-0.15, -0.1) is 0 Å². The second kappa shape index (κ2) is 6.43. The molecule has 3 rings (SSSR count). The third-order valence-electron chi connectivity index (χ3n) is 3.74. The summed E-state index contributed by atoms with van der Waals surface area (Å²) in [5.41, 5.74) is 1.15. The normalized spacial score (nSPS) is 17.0. The number of anilines is 2. The number of carboxylic acid groups (broad SMARTS) is 1. The predicted octanol–water partition coefficient (Wildman–Crippen LogP) is 1.91. The molecule has 1 aliphatic rings. The number of carbonyl (C=O) groups excluding carboxylic acids is 1. The molecule has 1 aromatic heterocycles. The molecule has 1 fully saturated rings. The van der Waals surface area contributed by atoms with Crippen molar-refractivity contribution in [1.29, 1.82) is 0 Å². The molecule has 1 amide bonds. The fourth-order valence-electron chi connectivity index (χ4n) is 2.67. The monoisotopic (exact) mass is 312 g/mol. The van der Waals surface area contributed by atoms with Crippen LogP contribution in [0.5, 0.6) is 0 Å². The summed E-state index contributed by atoms with van der Waals surface area (Å²) in [6.07, 6.45) is 5.93. The minimum atomic E-state index is -0.954. The highest BCUT2D eigenvalue weighted by atomic mass is 16.4. The Labute approximate surface area is 133 Å². The van der Waals surface area contributed by atoms with E-state index >= 15 is 0 Å². The standard InChI is InChI=1S/C16H16N4O3/c21-15(20-8-2-5-13(20)16(22)23)11-3-1-4-12(9-11)19-14-10-17-6-7-18-14/h1,3-4,6-7,9-10,13H,2,5,8H2,(H,18,19)(H,22,23)/t13-/m1/s1. The van der Waals surface area contributed by atoms with E-state index in [0.717, 1.165) is 0 Å². The molecule has 23 heavy (non-hydrogen) atoms. The number of rotatable bonds is 4. The van der Waals surface area contributed by atoms with Crippen LogP contribution in [0.3, 0.4) is 0 Å². The van der Waals surface area contributed by atoms with Gasteiger partial charge in [-0.25, -0.2) is 9.78 Å². The van der Waals surface area contributed by atoms with E-state index in [0.29, 0.717) is 36.5 Å². The van der Waals surface area contributed by atoms with Crippen LogP contribution in [0.25, 0.3) is 0 Å². The number of nitrogens with one attached hydrogen (secondary N) is 1. The molecule has 1 aromatic carbocycles. The van der Waals surface area contributed by atoms with Crippen LogP contribution < -0.4 is 5.32 Å². The largest absolute Gasteiger partial charge is 0.480 e. The van der Waals surface area contributed by atoms with Crippen molar-refractivity contribution in [2.45, 2.75) is 18.9 Å². The Morgan fingerprint density at radius 3 is 2.91 bits per heavy atom. The Bertz CT molecular complexity index is 720. The van der Waals surface area contributed by atoms with Gasteiger partial charge in [0.25, 0.3) is 5.91 Å². The summed E-state index contributed by atoms with van der Waals surface area (Å²) >= 11 is 0. The highest BCUT2D eigenvalue weighted by Gasteiger charge is 2.34. The lowest BCUT2D eigenvalue weighted by Crippen LogP contribution is -2.40. The molecule has 7 nitrogen and oxygen atoms in total. The molecule has 0 saturated carbocycles. The summed E-state index contributed by atoms with van der Waals surface area (Å²) in [5, 5.41) is 12.3. The number of nitrogens with zero attached hydrogens (tertiary/aromatic N) is 3. The Morgan fingerprint density at radius 2 is 2.17 bits per heavy atom. The van der Waals surface area contributed by atoms with Gasteiger partial charge in [0, 0.05) is 30.2 Å². The summed E-state index contributed by atoms with van der Waals surface area (Å²) in [6.45, 7) is 0.470. The van der Waals surface area contributed by atoms with Crippen molar-refractivity contribution in [3.05, 3.63) is 48.4 Å². The van der Waals surface area contributed by atoms with Crippen molar-refractivity contribution in [1.82, 2.24) is 14.9 Å². The van der Waals surface area contributed by atoms with Crippen LogP contribution in [0.15, 0.2) is 42.9 Å². The zero-order valence-electron chi connectivity index (χ0n) is 12.3.